The van der Waals surface area contributed by atoms with Gasteiger partial charge in [-0.15, -0.1) is 16.4 Å². The molecule has 4 rings (SSSR count). The molecule has 1 aliphatic heterocycles. The molecule has 5 nitrogen and oxygen atoms in total. The van der Waals surface area contributed by atoms with E-state index in [9.17, 15) is 4.79 Å². The number of carbonyl (C=O) groups is 1. The summed E-state index contributed by atoms with van der Waals surface area (Å²) in [5.74, 6) is -0.0470. The number of hydrogen-bond donors (Lipinski definition) is 0. The zero-order chi connectivity index (χ0) is 18.0. The van der Waals surface area contributed by atoms with Crippen LogP contribution >= 0.6 is 11.3 Å². The van der Waals surface area contributed by atoms with Crippen LogP contribution in [0.3, 0.4) is 0 Å². The average molecular weight is 364 g/mol. The minimum Gasteiger partial charge on any atom is -0.337 e. The molecule has 1 amide bonds. The van der Waals surface area contributed by atoms with Crippen molar-refractivity contribution in [2.45, 2.75) is 25.2 Å². The number of amides is 1. The Morgan fingerprint density at radius 2 is 1.88 bits per heavy atom. The van der Waals surface area contributed by atoms with E-state index < -0.39 is 0 Å². The van der Waals surface area contributed by atoms with Gasteiger partial charge in [0.25, 0.3) is 5.91 Å². The predicted molar refractivity (Wildman–Crippen MR) is 101 cm³/mol. The molecule has 0 atom stereocenters. The first-order valence-electron chi connectivity index (χ1n) is 8.74. The SMILES string of the molecule is Cc1nc(C2(c3ccccc3)CCN(C(=O)c3cccnn3)CC2)cs1. The van der Waals surface area contributed by atoms with Gasteiger partial charge in [-0.25, -0.2) is 4.98 Å². The predicted octanol–water partition coefficient (Wildman–Crippen LogP) is 3.46. The van der Waals surface area contributed by atoms with Crippen LogP contribution in [-0.2, 0) is 5.41 Å². The van der Waals surface area contributed by atoms with E-state index in [2.05, 4.69) is 39.8 Å². The molecule has 3 heterocycles. The first kappa shape index (κ1) is 16.8. The second-order valence-electron chi connectivity index (χ2n) is 6.60. The molecular weight excluding hydrogens is 344 g/mol. The van der Waals surface area contributed by atoms with Crippen LogP contribution in [0.25, 0.3) is 0 Å². The van der Waals surface area contributed by atoms with E-state index in [1.807, 2.05) is 17.9 Å². The maximum absolute atomic E-state index is 12.7. The van der Waals surface area contributed by atoms with Crippen molar-refractivity contribution in [3.05, 3.63) is 76.0 Å². The summed E-state index contributed by atoms with van der Waals surface area (Å²) >= 11 is 1.69. The van der Waals surface area contributed by atoms with Gasteiger partial charge in [0.05, 0.1) is 10.7 Å². The summed E-state index contributed by atoms with van der Waals surface area (Å²) in [4.78, 5) is 19.4. The lowest BCUT2D eigenvalue weighted by Gasteiger charge is -2.41. The Bertz CT molecular complexity index is 886. The summed E-state index contributed by atoms with van der Waals surface area (Å²) in [5, 5.41) is 11.0. The zero-order valence-electron chi connectivity index (χ0n) is 14.6. The summed E-state index contributed by atoms with van der Waals surface area (Å²) in [5.41, 5.74) is 2.67. The van der Waals surface area contributed by atoms with Crippen LogP contribution in [0.5, 0.6) is 0 Å². The maximum atomic E-state index is 12.7. The van der Waals surface area contributed by atoms with Crippen LogP contribution in [0, 0.1) is 6.92 Å². The molecule has 0 saturated carbocycles. The molecule has 3 aromatic rings. The lowest BCUT2D eigenvalue weighted by atomic mass is 9.70. The molecule has 0 bridgehead atoms. The summed E-state index contributed by atoms with van der Waals surface area (Å²) in [7, 11) is 0. The van der Waals surface area contributed by atoms with Crippen molar-refractivity contribution in [3.63, 3.8) is 0 Å². The molecular formula is C20H20N4OS. The van der Waals surface area contributed by atoms with E-state index in [-0.39, 0.29) is 11.3 Å². The number of nitrogens with zero attached hydrogens (tertiary/aromatic N) is 4. The molecule has 2 aromatic heterocycles. The first-order chi connectivity index (χ1) is 12.7. The fraction of sp³-hybridized carbons (Fsp3) is 0.300. The van der Waals surface area contributed by atoms with E-state index in [0.29, 0.717) is 18.8 Å². The number of aryl methyl sites for hydroxylation is 1. The minimum absolute atomic E-state index is 0.0470. The van der Waals surface area contributed by atoms with Crippen molar-refractivity contribution in [1.82, 2.24) is 20.1 Å². The fourth-order valence-electron chi connectivity index (χ4n) is 3.70. The normalized spacial score (nSPS) is 16.4. The lowest BCUT2D eigenvalue weighted by Crippen LogP contribution is -2.46. The van der Waals surface area contributed by atoms with E-state index >= 15 is 0 Å². The molecule has 0 aliphatic carbocycles. The number of rotatable bonds is 3. The van der Waals surface area contributed by atoms with Crippen molar-refractivity contribution in [3.8, 4) is 0 Å². The van der Waals surface area contributed by atoms with Crippen LogP contribution < -0.4 is 0 Å². The highest BCUT2D eigenvalue weighted by atomic mass is 32.1. The van der Waals surface area contributed by atoms with Gasteiger partial charge in [-0.3, -0.25) is 4.79 Å². The van der Waals surface area contributed by atoms with Gasteiger partial charge in [0.1, 0.15) is 0 Å². The highest BCUT2D eigenvalue weighted by molar-refractivity contribution is 7.09. The van der Waals surface area contributed by atoms with E-state index in [1.54, 1.807) is 29.7 Å². The average Bonchev–Trinajstić information content (AvgIpc) is 3.16. The van der Waals surface area contributed by atoms with E-state index in [1.165, 1.54) is 5.56 Å². The van der Waals surface area contributed by atoms with Crippen LogP contribution in [0.2, 0.25) is 0 Å². The quantitative estimate of drug-likeness (QED) is 0.714. The van der Waals surface area contributed by atoms with Gasteiger partial charge >= 0.3 is 0 Å². The molecule has 6 heteroatoms. The van der Waals surface area contributed by atoms with Crippen molar-refractivity contribution in [2.24, 2.45) is 0 Å². The van der Waals surface area contributed by atoms with Crippen LogP contribution in [0.4, 0.5) is 0 Å². The highest BCUT2D eigenvalue weighted by Crippen LogP contribution is 2.42. The van der Waals surface area contributed by atoms with Crippen molar-refractivity contribution in [2.75, 3.05) is 13.1 Å². The number of likely N-dealkylation sites (tertiary alicyclic amines) is 1. The van der Waals surface area contributed by atoms with Crippen LogP contribution in [0.15, 0.2) is 54.0 Å². The number of benzene rings is 1. The molecule has 0 unspecified atom stereocenters. The van der Waals surface area contributed by atoms with Gasteiger partial charge in [-0.1, -0.05) is 30.3 Å². The third kappa shape index (κ3) is 3.01. The molecule has 0 N–H and O–H groups in total. The Kier molecular flexibility index (Phi) is 4.51. The Hall–Kier alpha value is -2.60. The third-order valence-electron chi connectivity index (χ3n) is 5.13. The topological polar surface area (TPSA) is 59.0 Å². The number of piperidine rings is 1. The number of thiazole rings is 1. The molecule has 0 radical (unpaired) electrons. The fourth-order valence-corrected chi connectivity index (χ4v) is 4.41. The van der Waals surface area contributed by atoms with Crippen LogP contribution in [-0.4, -0.2) is 39.1 Å². The zero-order valence-corrected chi connectivity index (χ0v) is 15.4. The second kappa shape index (κ2) is 6.96. The molecule has 132 valence electrons. The van der Waals surface area contributed by atoms with Gasteiger partial charge in [0.15, 0.2) is 5.69 Å². The van der Waals surface area contributed by atoms with Crippen molar-refractivity contribution in [1.29, 1.82) is 0 Å². The van der Waals surface area contributed by atoms with Gasteiger partial charge in [0, 0.05) is 30.1 Å². The lowest BCUT2D eigenvalue weighted by molar-refractivity contribution is 0.0677. The maximum Gasteiger partial charge on any atom is 0.274 e. The van der Waals surface area contributed by atoms with Gasteiger partial charge < -0.3 is 4.90 Å². The second-order valence-corrected chi connectivity index (χ2v) is 7.66. The Labute approximate surface area is 156 Å². The molecule has 1 fully saturated rings. The third-order valence-corrected chi connectivity index (χ3v) is 5.90. The van der Waals surface area contributed by atoms with Crippen LogP contribution in [0.1, 0.15) is 39.6 Å². The van der Waals surface area contributed by atoms with Crippen molar-refractivity contribution >= 4 is 17.2 Å². The summed E-state index contributed by atoms with van der Waals surface area (Å²) in [6, 6.07) is 14.0. The van der Waals surface area contributed by atoms with E-state index in [0.717, 1.165) is 23.5 Å². The molecule has 1 saturated heterocycles. The Balaban J connectivity index is 1.62. The van der Waals surface area contributed by atoms with Gasteiger partial charge in [-0.05, 0) is 37.5 Å². The number of hydrogen-bond acceptors (Lipinski definition) is 5. The Morgan fingerprint density at radius 3 is 2.50 bits per heavy atom. The number of aromatic nitrogens is 3. The largest absolute Gasteiger partial charge is 0.337 e. The van der Waals surface area contributed by atoms with Crippen molar-refractivity contribution < 1.29 is 4.79 Å². The monoisotopic (exact) mass is 364 g/mol. The highest BCUT2D eigenvalue weighted by Gasteiger charge is 2.40. The molecule has 1 aromatic carbocycles. The van der Waals surface area contributed by atoms with Gasteiger partial charge in [0.2, 0.25) is 0 Å². The summed E-state index contributed by atoms with van der Waals surface area (Å²) < 4.78 is 0. The van der Waals surface area contributed by atoms with Gasteiger partial charge in [-0.2, -0.15) is 5.10 Å². The molecule has 1 aliphatic rings. The van der Waals surface area contributed by atoms with E-state index in [4.69, 9.17) is 4.98 Å². The minimum atomic E-state index is -0.134. The summed E-state index contributed by atoms with van der Waals surface area (Å²) in [6.45, 7) is 3.40. The number of carbonyl (C=O) groups excluding carboxylic acids is 1. The smallest absolute Gasteiger partial charge is 0.274 e. The Morgan fingerprint density at radius 1 is 1.12 bits per heavy atom. The molecule has 0 spiro atoms. The standard InChI is InChI=1S/C20H20N4OS/c1-15-22-18(14-26-15)20(16-6-3-2-4-7-16)9-12-24(13-10-20)19(25)17-8-5-11-21-23-17/h2-8,11,14H,9-10,12-13H2,1H3. The summed E-state index contributed by atoms with van der Waals surface area (Å²) in [6.07, 6.45) is 3.29. The first-order valence-corrected chi connectivity index (χ1v) is 9.62. The molecule has 26 heavy (non-hydrogen) atoms.